The van der Waals surface area contributed by atoms with Gasteiger partial charge in [-0.1, -0.05) is 11.6 Å². The third kappa shape index (κ3) is 1.12. The van der Waals surface area contributed by atoms with Crippen molar-refractivity contribution in [3.63, 3.8) is 0 Å². The molecule has 1 aliphatic carbocycles. The van der Waals surface area contributed by atoms with Crippen molar-refractivity contribution >= 4 is 17.1 Å². The molecule has 0 radical (unpaired) electrons. The fraction of sp³-hybridized carbons (Fsp3) is 0.400. The van der Waals surface area contributed by atoms with Crippen LogP contribution in [0.1, 0.15) is 24.1 Å². The second-order valence-corrected chi connectivity index (χ2v) is 4.05. The topological polar surface area (TPSA) is 30.2 Å². The summed E-state index contributed by atoms with van der Waals surface area (Å²) in [5, 5.41) is 9.08. The Balaban J connectivity index is 2.31. The molecular formula is C10H10ClN3. The molecule has 0 saturated heterocycles. The lowest BCUT2D eigenvalue weighted by molar-refractivity contribution is 0.666. The van der Waals surface area contributed by atoms with Crippen LogP contribution in [0.2, 0.25) is 5.15 Å². The first-order chi connectivity index (χ1) is 6.84. The maximum absolute atomic E-state index is 5.81. The first-order valence-corrected chi connectivity index (χ1v) is 5.26. The zero-order valence-corrected chi connectivity index (χ0v) is 8.46. The van der Waals surface area contributed by atoms with Gasteiger partial charge in [-0.2, -0.15) is 5.10 Å². The molecule has 0 amide bonds. The van der Waals surface area contributed by atoms with Crippen LogP contribution in [0.4, 0.5) is 0 Å². The molecule has 2 aromatic heterocycles. The fourth-order valence-corrected chi connectivity index (χ4v) is 2.21. The van der Waals surface area contributed by atoms with Gasteiger partial charge in [0.05, 0.1) is 11.2 Å². The van der Waals surface area contributed by atoms with Gasteiger partial charge in [0.15, 0.2) is 5.15 Å². The molecule has 0 bridgehead atoms. The van der Waals surface area contributed by atoms with E-state index in [1.165, 1.54) is 24.1 Å². The van der Waals surface area contributed by atoms with Crippen molar-refractivity contribution in [2.75, 3.05) is 0 Å². The van der Waals surface area contributed by atoms with Crippen LogP contribution in [-0.4, -0.2) is 14.8 Å². The Labute approximate surface area is 86.7 Å². The van der Waals surface area contributed by atoms with Crippen molar-refractivity contribution in [2.24, 2.45) is 0 Å². The third-order valence-electron chi connectivity index (χ3n) is 2.75. The van der Waals surface area contributed by atoms with Crippen LogP contribution in [0.5, 0.6) is 0 Å². The highest BCUT2D eigenvalue weighted by Crippen LogP contribution is 2.24. The van der Waals surface area contributed by atoms with E-state index in [2.05, 4.69) is 10.2 Å². The number of aryl methyl sites for hydroxylation is 2. The Morgan fingerprint density at radius 2 is 2.00 bits per heavy atom. The Morgan fingerprint density at radius 3 is 2.93 bits per heavy atom. The van der Waals surface area contributed by atoms with Gasteiger partial charge in [-0.05, 0) is 37.8 Å². The molecule has 14 heavy (non-hydrogen) atoms. The van der Waals surface area contributed by atoms with Crippen molar-refractivity contribution in [3.05, 3.63) is 28.5 Å². The highest BCUT2D eigenvalue weighted by molar-refractivity contribution is 6.29. The summed E-state index contributed by atoms with van der Waals surface area (Å²) in [4.78, 5) is 0. The number of fused-ring (bicyclic) bond motifs is 3. The highest BCUT2D eigenvalue weighted by Gasteiger charge is 2.16. The molecule has 3 rings (SSSR count). The first kappa shape index (κ1) is 8.24. The molecule has 4 heteroatoms. The molecule has 1 aliphatic rings. The summed E-state index contributed by atoms with van der Waals surface area (Å²) < 4.78 is 1.66. The average Bonchev–Trinajstić information content (AvgIpc) is 2.54. The van der Waals surface area contributed by atoms with E-state index in [1.54, 1.807) is 4.63 Å². The lowest BCUT2D eigenvalue weighted by Crippen LogP contribution is -1.99. The predicted octanol–water partition coefficient (Wildman–Crippen LogP) is 2.26. The van der Waals surface area contributed by atoms with E-state index in [-0.39, 0.29) is 0 Å². The number of aromatic nitrogens is 3. The standard InChI is InChI=1S/C10H10ClN3/c11-10-6-5-9-7-3-1-2-4-8(7)12-14(9)13-10/h5-6H,1-4H2. The van der Waals surface area contributed by atoms with Gasteiger partial charge < -0.3 is 0 Å². The summed E-state index contributed by atoms with van der Waals surface area (Å²) in [7, 11) is 0. The van der Waals surface area contributed by atoms with E-state index >= 15 is 0 Å². The minimum absolute atomic E-state index is 0.498. The quantitative estimate of drug-likeness (QED) is 0.664. The largest absolute Gasteiger partial charge is 0.155 e. The molecule has 0 N–H and O–H groups in total. The van der Waals surface area contributed by atoms with Crippen LogP contribution in [0.25, 0.3) is 5.52 Å². The number of hydrogen-bond donors (Lipinski definition) is 0. The third-order valence-corrected chi connectivity index (χ3v) is 2.95. The molecule has 72 valence electrons. The summed E-state index contributed by atoms with van der Waals surface area (Å²) in [5.41, 5.74) is 3.68. The van der Waals surface area contributed by atoms with E-state index < -0.39 is 0 Å². The highest BCUT2D eigenvalue weighted by atomic mass is 35.5. The van der Waals surface area contributed by atoms with Crippen molar-refractivity contribution in [1.82, 2.24) is 14.8 Å². The molecule has 0 spiro atoms. The SMILES string of the molecule is Clc1ccc2c3c(nn2n1)CCCC3. The van der Waals surface area contributed by atoms with Gasteiger partial charge in [0, 0.05) is 5.56 Å². The number of rotatable bonds is 0. The number of hydrogen-bond acceptors (Lipinski definition) is 2. The van der Waals surface area contributed by atoms with Crippen molar-refractivity contribution in [2.45, 2.75) is 25.7 Å². The second-order valence-electron chi connectivity index (χ2n) is 3.66. The summed E-state index contributed by atoms with van der Waals surface area (Å²) in [5.74, 6) is 0. The van der Waals surface area contributed by atoms with Gasteiger partial charge in [0.2, 0.25) is 0 Å². The van der Waals surface area contributed by atoms with Crippen LogP contribution in [0.3, 0.4) is 0 Å². The Morgan fingerprint density at radius 1 is 1.14 bits per heavy atom. The van der Waals surface area contributed by atoms with Crippen LogP contribution < -0.4 is 0 Å². The molecule has 0 aromatic carbocycles. The fourth-order valence-electron chi connectivity index (χ4n) is 2.08. The molecule has 0 atom stereocenters. The maximum Gasteiger partial charge on any atom is 0.151 e. The first-order valence-electron chi connectivity index (χ1n) is 4.88. The van der Waals surface area contributed by atoms with E-state index in [1.807, 2.05) is 12.1 Å². The zero-order chi connectivity index (χ0) is 9.54. The van der Waals surface area contributed by atoms with Crippen molar-refractivity contribution in [1.29, 1.82) is 0 Å². The van der Waals surface area contributed by atoms with E-state index in [0.717, 1.165) is 18.4 Å². The van der Waals surface area contributed by atoms with Gasteiger partial charge in [-0.25, -0.2) is 0 Å². The van der Waals surface area contributed by atoms with Gasteiger partial charge in [0.1, 0.15) is 0 Å². The number of halogens is 1. The van der Waals surface area contributed by atoms with Crippen molar-refractivity contribution in [3.8, 4) is 0 Å². The Bertz CT molecular complexity index is 489. The summed E-state index contributed by atoms with van der Waals surface area (Å²) in [6, 6.07) is 3.83. The summed E-state index contributed by atoms with van der Waals surface area (Å²) >= 11 is 5.81. The zero-order valence-electron chi connectivity index (χ0n) is 7.70. The van der Waals surface area contributed by atoms with Crippen LogP contribution >= 0.6 is 11.6 Å². The normalized spacial score (nSPS) is 15.8. The van der Waals surface area contributed by atoms with Gasteiger partial charge >= 0.3 is 0 Å². The Hall–Kier alpha value is -1.09. The lowest BCUT2D eigenvalue weighted by atomic mass is 9.97. The van der Waals surface area contributed by atoms with Gasteiger partial charge in [-0.15, -0.1) is 9.73 Å². The molecule has 0 fully saturated rings. The smallest absolute Gasteiger partial charge is 0.151 e. The van der Waals surface area contributed by atoms with Gasteiger partial charge in [0.25, 0.3) is 0 Å². The van der Waals surface area contributed by atoms with E-state index in [9.17, 15) is 0 Å². The monoisotopic (exact) mass is 207 g/mol. The minimum Gasteiger partial charge on any atom is -0.155 e. The van der Waals surface area contributed by atoms with E-state index in [0.29, 0.717) is 5.15 Å². The summed E-state index contributed by atoms with van der Waals surface area (Å²) in [6.07, 6.45) is 4.71. The molecular weight excluding hydrogens is 198 g/mol. The molecule has 0 unspecified atom stereocenters. The minimum atomic E-state index is 0.498. The Kier molecular flexibility index (Phi) is 1.74. The average molecular weight is 208 g/mol. The maximum atomic E-state index is 5.81. The van der Waals surface area contributed by atoms with E-state index in [4.69, 9.17) is 11.6 Å². The summed E-state index contributed by atoms with van der Waals surface area (Å²) in [6.45, 7) is 0. The molecule has 0 saturated carbocycles. The second kappa shape index (κ2) is 2.95. The lowest BCUT2D eigenvalue weighted by Gasteiger charge is -2.07. The number of nitrogens with zero attached hydrogens (tertiary/aromatic N) is 3. The molecule has 0 aliphatic heterocycles. The predicted molar refractivity (Wildman–Crippen MR) is 54.6 cm³/mol. The molecule has 2 aromatic rings. The van der Waals surface area contributed by atoms with Crippen molar-refractivity contribution < 1.29 is 0 Å². The van der Waals surface area contributed by atoms with Gasteiger partial charge in [-0.3, -0.25) is 0 Å². The molecule has 3 nitrogen and oxygen atoms in total. The van der Waals surface area contributed by atoms with Crippen LogP contribution in [-0.2, 0) is 12.8 Å². The van der Waals surface area contributed by atoms with Crippen LogP contribution in [0, 0.1) is 0 Å². The van der Waals surface area contributed by atoms with Crippen LogP contribution in [0.15, 0.2) is 12.1 Å². The molecule has 2 heterocycles.